The Morgan fingerprint density at radius 1 is 1.09 bits per heavy atom. The highest BCUT2D eigenvalue weighted by atomic mass is 32.2. The maximum absolute atomic E-state index is 4.40. The van der Waals surface area contributed by atoms with Gasteiger partial charge in [-0.1, -0.05) is 41.6 Å². The van der Waals surface area contributed by atoms with Gasteiger partial charge in [0.1, 0.15) is 0 Å². The number of benzene rings is 1. The van der Waals surface area contributed by atoms with E-state index in [1.165, 1.54) is 5.56 Å². The average Bonchev–Trinajstić information content (AvgIpc) is 2.99. The van der Waals surface area contributed by atoms with E-state index < -0.39 is 0 Å². The first-order valence-electron chi connectivity index (χ1n) is 7.81. The number of aromatic nitrogens is 4. The Labute approximate surface area is 141 Å². The van der Waals surface area contributed by atoms with Crippen LogP contribution in [0, 0.1) is 6.92 Å². The minimum atomic E-state index is 0.863. The van der Waals surface area contributed by atoms with E-state index in [0.717, 1.165) is 41.0 Å². The van der Waals surface area contributed by atoms with Crippen molar-refractivity contribution in [2.75, 3.05) is 5.75 Å². The lowest BCUT2D eigenvalue weighted by Gasteiger charge is -2.07. The Balaban J connectivity index is 1.73. The zero-order chi connectivity index (χ0) is 16.1. The number of aryl methyl sites for hydroxylation is 2. The third-order valence-electron chi connectivity index (χ3n) is 3.62. The molecule has 5 heteroatoms. The van der Waals surface area contributed by atoms with Crippen molar-refractivity contribution in [1.82, 2.24) is 19.7 Å². The average molecular weight is 324 g/mol. The van der Waals surface area contributed by atoms with Crippen LogP contribution in [0.25, 0.3) is 11.4 Å². The molecular formula is C18H20N4S. The van der Waals surface area contributed by atoms with Crippen molar-refractivity contribution in [2.45, 2.75) is 32.0 Å². The van der Waals surface area contributed by atoms with Gasteiger partial charge in [-0.15, -0.1) is 10.2 Å². The van der Waals surface area contributed by atoms with Crippen LogP contribution in [0.15, 0.2) is 53.8 Å². The molecule has 0 unspecified atom stereocenters. The molecule has 0 amide bonds. The van der Waals surface area contributed by atoms with Gasteiger partial charge in [0.25, 0.3) is 0 Å². The molecule has 0 saturated carbocycles. The highest BCUT2D eigenvalue weighted by molar-refractivity contribution is 7.99. The molecular weight excluding hydrogens is 304 g/mol. The topological polar surface area (TPSA) is 43.6 Å². The molecule has 0 radical (unpaired) electrons. The van der Waals surface area contributed by atoms with Crippen LogP contribution in [0.4, 0.5) is 0 Å². The first kappa shape index (κ1) is 15.7. The highest BCUT2D eigenvalue weighted by Gasteiger charge is 2.13. The molecule has 4 nitrogen and oxygen atoms in total. The van der Waals surface area contributed by atoms with Crippen molar-refractivity contribution in [1.29, 1.82) is 0 Å². The summed E-state index contributed by atoms with van der Waals surface area (Å²) in [6, 6.07) is 14.4. The van der Waals surface area contributed by atoms with E-state index in [1.807, 2.05) is 18.3 Å². The second-order valence-electron chi connectivity index (χ2n) is 5.34. The van der Waals surface area contributed by atoms with Gasteiger partial charge in [-0.25, -0.2) is 0 Å². The largest absolute Gasteiger partial charge is 0.302 e. The van der Waals surface area contributed by atoms with Crippen LogP contribution in [-0.4, -0.2) is 25.5 Å². The van der Waals surface area contributed by atoms with Crippen LogP contribution >= 0.6 is 11.8 Å². The lowest BCUT2D eigenvalue weighted by atomic mass is 10.1. The van der Waals surface area contributed by atoms with Crippen LogP contribution in [0.5, 0.6) is 0 Å². The lowest BCUT2D eigenvalue weighted by Crippen LogP contribution is -2.01. The number of pyridine rings is 1. The van der Waals surface area contributed by atoms with Crippen molar-refractivity contribution < 1.29 is 0 Å². The molecule has 3 aromatic rings. The number of rotatable bonds is 6. The molecule has 0 saturated heterocycles. The maximum Gasteiger partial charge on any atom is 0.191 e. The number of hydrogen-bond donors (Lipinski definition) is 0. The molecule has 23 heavy (non-hydrogen) atoms. The molecule has 1 aromatic carbocycles. The van der Waals surface area contributed by atoms with Crippen molar-refractivity contribution in [3.63, 3.8) is 0 Å². The summed E-state index contributed by atoms with van der Waals surface area (Å²) < 4.78 is 2.18. The van der Waals surface area contributed by atoms with Crippen LogP contribution in [0.2, 0.25) is 0 Å². The quantitative estimate of drug-likeness (QED) is 0.643. The summed E-state index contributed by atoms with van der Waals surface area (Å²) in [4.78, 5) is 4.36. The third kappa shape index (κ3) is 3.79. The highest BCUT2D eigenvalue weighted by Crippen LogP contribution is 2.24. The molecule has 0 aliphatic carbocycles. The molecule has 0 bridgehead atoms. The molecule has 118 valence electrons. The summed E-state index contributed by atoms with van der Waals surface area (Å²) in [5.41, 5.74) is 3.47. The number of nitrogens with zero attached hydrogens (tertiary/aromatic N) is 4. The maximum atomic E-state index is 4.40. The van der Waals surface area contributed by atoms with Crippen molar-refractivity contribution >= 4 is 11.8 Å². The van der Waals surface area contributed by atoms with Gasteiger partial charge in [-0.2, -0.15) is 0 Å². The fourth-order valence-corrected chi connectivity index (χ4v) is 3.43. The summed E-state index contributed by atoms with van der Waals surface area (Å²) in [7, 11) is 0. The van der Waals surface area contributed by atoms with Crippen LogP contribution in [-0.2, 0) is 13.0 Å². The molecule has 2 aromatic heterocycles. The summed E-state index contributed by atoms with van der Waals surface area (Å²) in [5.74, 6) is 1.89. The third-order valence-corrected chi connectivity index (χ3v) is 4.59. The second kappa shape index (κ2) is 7.42. The van der Waals surface area contributed by atoms with E-state index in [1.54, 1.807) is 11.8 Å². The molecule has 3 rings (SSSR count). The van der Waals surface area contributed by atoms with Gasteiger partial charge < -0.3 is 4.57 Å². The first-order chi connectivity index (χ1) is 11.3. The minimum absolute atomic E-state index is 0.863. The van der Waals surface area contributed by atoms with E-state index in [2.05, 4.69) is 63.9 Å². The summed E-state index contributed by atoms with van der Waals surface area (Å²) in [5, 5.41) is 9.75. The fourth-order valence-electron chi connectivity index (χ4n) is 2.47. The normalized spacial score (nSPS) is 10.9. The Kier molecular flexibility index (Phi) is 5.08. The minimum Gasteiger partial charge on any atom is -0.302 e. The smallest absolute Gasteiger partial charge is 0.191 e. The zero-order valence-electron chi connectivity index (χ0n) is 13.4. The predicted molar refractivity (Wildman–Crippen MR) is 94.5 cm³/mol. The Morgan fingerprint density at radius 3 is 2.74 bits per heavy atom. The molecule has 0 aliphatic heterocycles. The number of hydrogen-bond acceptors (Lipinski definition) is 4. The van der Waals surface area contributed by atoms with Crippen molar-refractivity contribution in [3.05, 3.63) is 59.9 Å². The van der Waals surface area contributed by atoms with Crippen LogP contribution < -0.4 is 0 Å². The fraction of sp³-hybridized carbons (Fsp3) is 0.278. The molecule has 0 fully saturated rings. The van der Waals surface area contributed by atoms with E-state index in [4.69, 9.17) is 0 Å². The predicted octanol–water partition coefficient (Wildman–Crippen LogP) is 4.00. The summed E-state index contributed by atoms with van der Waals surface area (Å²) in [6.45, 7) is 5.09. The molecule has 0 N–H and O–H groups in total. The van der Waals surface area contributed by atoms with E-state index in [9.17, 15) is 0 Å². The molecule has 0 spiro atoms. The van der Waals surface area contributed by atoms with Crippen molar-refractivity contribution in [3.8, 4) is 11.4 Å². The number of thioether (sulfide) groups is 1. The Hall–Kier alpha value is -2.14. The van der Waals surface area contributed by atoms with Crippen LogP contribution in [0.3, 0.4) is 0 Å². The van der Waals surface area contributed by atoms with Crippen molar-refractivity contribution in [2.24, 2.45) is 0 Å². The summed E-state index contributed by atoms with van der Waals surface area (Å²) >= 11 is 1.74. The zero-order valence-corrected chi connectivity index (χ0v) is 14.3. The Bertz CT molecular complexity index is 768. The Morgan fingerprint density at radius 2 is 2.00 bits per heavy atom. The molecule has 0 aliphatic rings. The lowest BCUT2D eigenvalue weighted by molar-refractivity contribution is 0.687. The monoisotopic (exact) mass is 324 g/mol. The molecule has 0 atom stereocenters. The summed E-state index contributed by atoms with van der Waals surface area (Å²) in [6.07, 6.45) is 2.77. The molecule has 2 heterocycles. The van der Waals surface area contributed by atoms with E-state index in [-0.39, 0.29) is 0 Å². The van der Waals surface area contributed by atoms with E-state index in [0.29, 0.717) is 0 Å². The van der Waals surface area contributed by atoms with Gasteiger partial charge in [0.05, 0.1) is 0 Å². The van der Waals surface area contributed by atoms with Gasteiger partial charge >= 0.3 is 0 Å². The van der Waals surface area contributed by atoms with Gasteiger partial charge in [0, 0.05) is 29.8 Å². The van der Waals surface area contributed by atoms with Gasteiger partial charge in [-0.05, 0) is 38.5 Å². The van der Waals surface area contributed by atoms with Gasteiger partial charge in [0.15, 0.2) is 11.0 Å². The standard InChI is InChI=1S/C18H20N4S/c1-3-22-17(15-8-6-7-14(2)13-15)20-21-18(22)23-12-10-16-9-4-5-11-19-16/h4-9,11,13H,3,10,12H2,1-2H3. The van der Waals surface area contributed by atoms with Gasteiger partial charge in [0.2, 0.25) is 0 Å². The SMILES string of the molecule is CCn1c(SCCc2ccccn2)nnc1-c1cccc(C)c1. The first-order valence-corrected chi connectivity index (χ1v) is 8.79. The van der Waals surface area contributed by atoms with E-state index >= 15 is 0 Å². The van der Waals surface area contributed by atoms with Crippen LogP contribution in [0.1, 0.15) is 18.2 Å². The van der Waals surface area contributed by atoms with Gasteiger partial charge in [-0.3, -0.25) is 4.98 Å². The second-order valence-corrected chi connectivity index (χ2v) is 6.40.